The van der Waals surface area contributed by atoms with Crippen molar-refractivity contribution in [1.29, 1.82) is 0 Å². The quantitative estimate of drug-likeness (QED) is 0.433. The Labute approximate surface area is 196 Å². The maximum Gasteiger partial charge on any atom is 0.326 e. The SMILES string of the molecule is COc1ccc2nc(N3Cc4ccc(OC)c(OCc5ccccc5)c4C[C@H]3C(=O)O)oc2c1. The number of hydrogen-bond donors (Lipinski definition) is 1. The third-order valence-corrected chi connectivity index (χ3v) is 6.00. The van der Waals surface area contributed by atoms with Crippen LogP contribution in [0.15, 0.2) is 65.1 Å². The number of fused-ring (bicyclic) bond motifs is 2. The molecule has 0 spiro atoms. The largest absolute Gasteiger partial charge is 0.497 e. The summed E-state index contributed by atoms with van der Waals surface area (Å²) in [5, 5.41) is 10.1. The van der Waals surface area contributed by atoms with E-state index in [4.69, 9.17) is 18.6 Å². The molecule has 174 valence electrons. The van der Waals surface area contributed by atoms with E-state index in [1.165, 1.54) is 0 Å². The van der Waals surface area contributed by atoms with Gasteiger partial charge in [-0.05, 0) is 29.3 Å². The van der Waals surface area contributed by atoms with E-state index < -0.39 is 12.0 Å². The molecule has 1 aliphatic heterocycles. The van der Waals surface area contributed by atoms with E-state index >= 15 is 0 Å². The minimum absolute atomic E-state index is 0.216. The first-order valence-electron chi connectivity index (χ1n) is 10.9. The van der Waals surface area contributed by atoms with Gasteiger partial charge in [0.1, 0.15) is 23.9 Å². The molecule has 0 saturated heterocycles. The molecule has 34 heavy (non-hydrogen) atoms. The van der Waals surface area contributed by atoms with Crippen LogP contribution in [-0.2, 0) is 24.4 Å². The highest BCUT2D eigenvalue weighted by Crippen LogP contribution is 2.40. The van der Waals surface area contributed by atoms with E-state index in [1.54, 1.807) is 37.3 Å². The summed E-state index contributed by atoms with van der Waals surface area (Å²) in [4.78, 5) is 18.5. The second kappa shape index (κ2) is 8.97. The molecule has 1 aliphatic rings. The minimum atomic E-state index is -0.970. The standard InChI is InChI=1S/C26H24N2O6/c1-31-18-9-10-20-23(12-18)34-26(27-20)28-14-17-8-11-22(32-2)24(19(17)13-21(28)25(29)30)33-15-16-6-4-3-5-7-16/h3-12,21H,13-15H2,1-2H3,(H,29,30)/t21-/m0/s1. The summed E-state index contributed by atoms with van der Waals surface area (Å²) in [5.74, 6) is 0.807. The molecule has 0 radical (unpaired) electrons. The predicted molar refractivity (Wildman–Crippen MR) is 126 cm³/mol. The van der Waals surface area contributed by atoms with Gasteiger partial charge in [-0.2, -0.15) is 4.98 Å². The van der Waals surface area contributed by atoms with Crippen molar-refractivity contribution in [2.75, 3.05) is 19.1 Å². The average Bonchev–Trinajstić information content (AvgIpc) is 3.30. The van der Waals surface area contributed by atoms with Gasteiger partial charge in [-0.3, -0.25) is 0 Å². The number of rotatable bonds is 7. The van der Waals surface area contributed by atoms with Crippen molar-refractivity contribution in [3.05, 3.63) is 77.4 Å². The van der Waals surface area contributed by atoms with Crippen molar-refractivity contribution in [2.45, 2.75) is 25.6 Å². The molecule has 0 saturated carbocycles. The van der Waals surface area contributed by atoms with Crippen molar-refractivity contribution in [2.24, 2.45) is 0 Å². The lowest BCUT2D eigenvalue weighted by molar-refractivity contribution is -0.138. The van der Waals surface area contributed by atoms with Gasteiger partial charge in [0.25, 0.3) is 6.01 Å². The van der Waals surface area contributed by atoms with Gasteiger partial charge in [-0.1, -0.05) is 36.4 Å². The Morgan fingerprint density at radius 1 is 1.12 bits per heavy atom. The maximum atomic E-state index is 12.3. The number of aromatic nitrogens is 1. The highest BCUT2D eigenvalue weighted by molar-refractivity contribution is 5.81. The summed E-state index contributed by atoms with van der Waals surface area (Å²) in [6, 6.07) is 18.3. The first kappa shape index (κ1) is 21.6. The normalized spacial score (nSPS) is 15.1. The molecule has 1 atom stereocenters. The number of anilines is 1. The molecule has 4 aromatic rings. The third-order valence-electron chi connectivity index (χ3n) is 6.00. The van der Waals surface area contributed by atoms with Crippen LogP contribution in [0.1, 0.15) is 16.7 Å². The van der Waals surface area contributed by atoms with Crippen LogP contribution in [-0.4, -0.2) is 36.3 Å². The Morgan fingerprint density at radius 3 is 2.68 bits per heavy atom. The van der Waals surface area contributed by atoms with E-state index in [2.05, 4.69) is 4.98 Å². The van der Waals surface area contributed by atoms with Crippen LogP contribution in [0.3, 0.4) is 0 Å². The number of benzene rings is 3. The summed E-state index contributed by atoms with van der Waals surface area (Å²) in [6.07, 6.45) is 0.216. The Bertz CT molecular complexity index is 1330. The number of oxazole rings is 1. The van der Waals surface area contributed by atoms with Crippen LogP contribution in [0.2, 0.25) is 0 Å². The Hall–Kier alpha value is -4.20. The second-order valence-corrected chi connectivity index (χ2v) is 8.03. The highest BCUT2D eigenvalue weighted by Gasteiger charge is 2.36. The van der Waals surface area contributed by atoms with Gasteiger partial charge in [0.2, 0.25) is 0 Å². The molecule has 3 aromatic carbocycles. The molecular weight excluding hydrogens is 436 g/mol. The van der Waals surface area contributed by atoms with Gasteiger partial charge in [0.15, 0.2) is 17.1 Å². The zero-order valence-corrected chi connectivity index (χ0v) is 18.9. The van der Waals surface area contributed by atoms with Gasteiger partial charge in [-0.15, -0.1) is 0 Å². The number of nitrogens with zero attached hydrogens (tertiary/aromatic N) is 2. The fourth-order valence-corrected chi connectivity index (χ4v) is 4.23. The Balaban J connectivity index is 1.51. The number of carbonyl (C=O) groups is 1. The number of aliphatic carboxylic acids is 1. The maximum absolute atomic E-state index is 12.3. The van der Waals surface area contributed by atoms with Gasteiger partial charge in [0, 0.05) is 24.6 Å². The number of ether oxygens (including phenoxy) is 3. The predicted octanol–water partition coefficient (Wildman–Crippen LogP) is 4.44. The van der Waals surface area contributed by atoms with Crippen LogP contribution >= 0.6 is 0 Å². The van der Waals surface area contributed by atoms with Crippen molar-refractivity contribution >= 4 is 23.1 Å². The molecule has 0 amide bonds. The molecule has 0 bridgehead atoms. The number of hydrogen-bond acceptors (Lipinski definition) is 7. The minimum Gasteiger partial charge on any atom is -0.497 e. The number of carboxylic acid groups (broad SMARTS) is 1. The third kappa shape index (κ3) is 3.98. The van der Waals surface area contributed by atoms with Gasteiger partial charge < -0.3 is 28.6 Å². The highest BCUT2D eigenvalue weighted by atomic mass is 16.5. The monoisotopic (exact) mass is 460 g/mol. The molecule has 0 aliphatic carbocycles. The van der Waals surface area contributed by atoms with E-state index in [1.807, 2.05) is 42.5 Å². The first-order chi connectivity index (χ1) is 16.6. The van der Waals surface area contributed by atoms with E-state index in [0.717, 1.165) is 16.7 Å². The fourth-order valence-electron chi connectivity index (χ4n) is 4.23. The molecule has 1 aromatic heterocycles. The second-order valence-electron chi connectivity index (χ2n) is 8.03. The molecule has 0 unspecified atom stereocenters. The van der Waals surface area contributed by atoms with Crippen molar-refractivity contribution in [1.82, 2.24) is 4.98 Å². The summed E-state index contributed by atoms with van der Waals surface area (Å²) in [6.45, 7) is 0.657. The number of methoxy groups -OCH3 is 2. The molecule has 1 N–H and O–H groups in total. The molecule has 8 nitrogen and oxygen atoms in total. The van der Waals surface area contributed by atoms with Gasteiger partial charge >= 0.3 is 5.97 Å². The van der Waals surface area contributed by atoms with Crippen LogP contribution < -0.4 is 19.1 Å². The van der Waals surface area contributed by atoms with Crippen molar-refractivity contribution < 1.29 is 28.5 Å². The van der Waals surface area contributed by atoms with Gasteiger partial charge in [-0.25, -0.2) is 4.79 Å². The lowest BCUT2D eigenvalue weighted by Gasteiger charge is -2.34. The van der Waals surface area contributed by atoms with Crippen LogP contribution in [0.4, 0.5) is 6.01 Å². The Morgan fingerprint density at radius 2 is 1.94 bits per heavy atom. The van der Waals surface area contributed by atoms with Gasteiger partial charge in [0.05, 0.1) is 14.2 Å². The number of carboxylic acids is 1. The first-order valence-corrected chi connectivity index (χ1v) is 10.9. The smallest absolute Gasteiger partial charge is 0.326 e. The molecule has 8 heteroatoms. The lowest BCUT2D eigenvalue weighted by Crippen LogP contribution is -2.46. The topological polar surface area (TPSA) is 94.3 Å². The summed E-state index contributed by atoms with van der Waals surface area (Å²) >= 11 is 0. The zero-order chi connectivity index (χ0) is 23.7. The van der Waals surface area contributed by atoms with Crippen molar-refractivity contribution in [3.8, 4) is 17.2 Å². The summed E-state index contributed by atoms with van der Waals surface area (Å²) in [7, 11) is 3.15. The van der Waals surface area contributed by atoms with Crippen LogP contribution in [0.25, 0.3) is 11.1 Å². The molecule has 2 heterocycles. The zero-order valence-electron chi connectivity index (χ0n) is 18.9. The average molecular weight is 460 g/mol. The Kier molecular flexibility index (Phi) is 5.71. The fraction of sp³-hybridized carbons (Fsp3) is 0.231. The van der Waals surface area contributed by atoms with Crippen molar-refractivity contribution in [3.63, 3.8) is 0 Å². The summed E-state index contributed by atoms with van der Waals surface area (Å²) in [5.41, 5.74) is 3.92. The lowest BCUT2D eigenvalue weighted by atomic mass is 9.93. The molecule has 0 fully saturated rings. The summed E-state index contributed by atoms with van der Waals surface area (Å²) < 4.78 is 22.9. The van der Waals surface area contributed by atoms with Crippen LogP contribution in [0, 0.1) is 0 Å². The van der Waals surface area contributed by atoms with E-state index in [0.29, 0.717) is 41.5 Å². The van der Waals surface area contributed by atoms with Crippen LogP contribution in [0.5, 0.6) is 17.2 Å². The van der Waals surface area contributed by atoms with E-state index in [-0.39, 0.29) is 12.4 Å². The molecule has 5 rings (SSSR count). The molecular formula is C26H24N2O6. The van der Waals surface area contributed by atoms with E-state index in [9.17, 15) is 9.90 Å².